The fourth-order valence-electron chi connectivity index (χ4n) is 2.96. The van der Waals surface area contributed by atoms with Gasteiger partial charge in [-0.05, 0) is 57.2 Å². The highest BCUT2D eigenvalue weighted by molar-refractivity contribution is 6.02. The van der Waals surface area contributed by atoms with Crippen molar-refractivity contribution in [3.8, 4) is 5.88 Å². The summed E-state index contributed by atoms with van der Waals surface area (Å²) in [5.41, 5.74) is 1.22. The summed E-state index contributed by atoms with van der Waals surface area (Å²) in [6.07, 6.45) is 7.71. The molecule has 3 heterocycles. The zero-order chi connectivity index (χ0) is 20.6. The van der Waals surface area contributed by atoms with Gasteiger partial charge in [-0.2, -0.15) is 5.10 Å². The van der Waals surface area contributed by atoms with E-state index in [0.717, 1.165) is 17.7 Å². The Morgan fingerprint density at radius 3 is 2.86 bits per heavy atom. The van der Waals surface area contributed by atoms with Gasteiger partial charge in [-0.15, -0.1) is 0 Å². The van der Waals surface area contributed by atoms with Crippen molar-refractivity contribution in [2.24, 2.45) is 5.92 Å². The minimum absolute atomic E-state index is 0.374. The molecule has 1 fully saturated rings. The molecular formula is C21H25N5O3. The van der Waals surface area contributed by atoms with Crippen LogP contribution in [0.2, 0.25) is 0 Å². The Kier molecular flexibility index (Phi) is 4.96. The molecule has 1 aliphatic rings. The second-order valence-electron chi connectivity index (χ2n) is 8.15. The van der Waals surface area contributed by atoms with Crippen molar-refractivity contribution in [3.05, 3.63) is 41.9 Å². The van der Waals surface area contributed by atoms with Crippen molar-refractivity contribution in [2.75, 3.05) is 11.9 Å². The summed E-state index contributed by atoms with van der Waals surface area (Å²) >= 11 is 0. The molecule has 0 unspecified atom stereocenters. The van der Waals surface area contributed by atoms with Crippen molar-refractivity contribution < 1.29 is 14.6 Å². The average molecular weight is 395 g/mol. The van der Waals surface area contributed by atoms with Gasteiger partial charge in [-0.1, -0.05) is 0 Å². The number of fused-ring (bicyclic) bond motifs is 1. The molecule has 0 spiro atoms. The number of amides is 1. The number of ether oxygens (including phenoxy) is 1. The number of rotatable bonds is 7. The number of aromatic nitrogens is 4. The highest BCUT2D eigenvalue weighted by Crippen LogP contribution is 2.30. The molecule has 1 saturated carbocycles. The molecule has 0 aromatic carbocycles. The summed E-state index contributed by atoms with van der Waals surface area (Å²) in [7, 11) is 0. The van der Waals surface area contributed by atoms with Crippen LogP contribution in [-0.4, -0.2) is 43.0 Å². The molecule has 2 N–H and O–H groups in total. The van der Waals surface area contributed by atoms with E-state index in [4.69, 9.17) is 4.74 Å². The first kappa shape index (κ1) is 19.3. The van der Waals surface area contributed by atoms with E-state index in [2.05, 4.69) is 26.4 Å². The van der Waals surface area contributed by atoms with E-state index < -0.39 is 11.5 Å². The topological polar surface area (TPSA) is 102 Å². The van der Waals surface area contributed by atoms with E-state index in [1.807, 2.05) is 13.1 Å². The predicted molar refractivity (Wildman–Crippen MR) is 109 cm³/mol. The Bertz CT molecular complexity index is 1050. The quantitative estimate of drug-likeness (QED) is 0.638. The lowest BCUT2D eigenvalue weighted by Crippen LogP contribution is -2.36. The van der Waals surface area contributed by atoms with Gasteiger partial charge in [0, 0.05) is 24.2 Å². The molecule has 8 heteroatoms. The van der Waals surface area contributed by atoms with E-state index in [0.29, 0.717) is 35.1 Å². The van der Waals surface area contributed by atoms with Gasteiger partial charge in [0.15, 0.2) is 0 Å². The Hall–Kier alpha value is -3.00. The van der Waals surface area contributed by atoms with Crippen LogP contribution < -0.4 is 10.1 Å². The van der Waals surface area contributed by atoms with Crippen LogP contribution in [-0.2, 0) is 11.3 Å². The summed E-state index contributed by atoms with van der Waals surface area (Å²) in [6, 6.07) is 3.83. The maximum Gasteiger partial charge on any atom is 0.256 e. The lowest BCUT2D eigenvalue weighted by molar-refractivity contribution is -0.130. The zero-order valence-corrected chi connectivity index (χ0v) is 16.8. The van der Waals surface area contributed by atoms with Crippen LogP contribution in [0.1, 0.15) is 37.8 Å². The maximum atomic E-state index is 12.1. The largest absolute Gasteiger partial charge is 0.477 e. The summed E-state index contributed by atoms with van der Waals surface area (Å²) < 4.78 is 7.58. The molecule has 1 aliphatic carbocycles. The van der Waals surface area contributed by atoms with Gasteiger partial charge in [0.2, 0.25) is 5.88 Å². The van der Waals surface area contributed by atoms with Gasteiger partial charge in [-0.3, -0.25) is 9.48 Å². The van der Waals surface area contributed by atoms with Gasteiger partial charge >= 0.3 is 0 Å². The predicted octanol–water partition coefficient (Wildman–Crippen LogP) is 2.68. The van der Waals surface area contributed by atoms with Gasteiger partial charge < -0.3 is 15.2 Å². The van der Waals surface area contributed by atoms with Crippen LogP contribution in [0, 0.1) is 12.8 Å². The van der Waals surface area contributed by atoms with E-state index in [1.54, 1.807) is 23.1 Å². The van der Waals surface area contributed by atoms with Crippen LogP contribution in [0.25, 0.3) is 10.9 Å². The third-order valence-electron chi connectivity index (χ3n) is 4.85. The van der Waals surface area contributed by atoms with Crippen LogP contribution in [0.4, 0.5) is 5.82 Å². The minimum Gasteiger partial charge on any atom is -0.477 e. The number of aliphatic hydroxyl groups is 1. The van der Waals surface area contributed by atoms with Crippen molar-refractivity contribution in [1.82, 2.24) is 19.7 Å². The van der Waals surface area contributed by atoms with Gasteiger partial charge in [-0.25, -0.2) is 9.97 Å². The van der Waals surface area contributed by atoms with E-state index in [9.17, 15) is 9.90 Å². The molecule has 0 atom stereocenters. The van der Waals surface area contributed by atoms with E-state index in [-0.39, 0.29) is 0 Å². The number of carbonyl (C=O) groups is 1. The summed E-state index contributed by atoms with van der Waals surface area (Å²) in [6.45, 7) is 6.12. The third-order valence-corrected chi connectivity index (χ3v) is 4.85. The van der Waals surface area contributed by atoms with Crippen LogP contribution in [0.5, 0.6) is 5.88 Å². The molecule has 3 aromatic rings. The number of nitrogens with zero attached hydrogens (tertiary/aromatic N) is 4. The van der Waals surface area contributed by atoms with Crippen LogP contribution in [0.3, 0.4) is 0 Å². The van der Waals surface area contributed by atoms with Gasteiger partial charge in [0.05, 0.1) is 24.1 Å². The van der Waals surface area contributed by atoms with Crippen molar-refractivity contribution in [3.63, 3.8) is 0 Å². The first-order valence-corrected chi connectivity index (χ1v) is 9.74. The molecule has 0 saturated heterocycles. The second-order valence-corrected chi connectivity index (χ2v) is 8.15. The molecule has 8 nitrogen and oxygen atoms in total. The highest BCUT2D eigenvalue weighted by Gasteiger charge is 2.25. The Morgan fingerprint density at radius 2 is 2.17 bits per heavy atom. The zero-order valence-electron chi connectivity index (χ0n) is 16.8. The highest BCUT2D eigenvalue weighted by atomic mass is 16.5. The van der Waals surface area contributed by atoms with Gasteiger partial charge in [0.1, 0.15) is 11.4 Å². The minimum atomic E-state index is -1.49. The van der Waals surface area contributed by atoms with Crippen LogP contribution in [0.15, 0.2) is 30.7 Å². The normalized spacial score (nSPS) is 14.2. The molecule has 29 heavy (non-hydrogen) atoms. The molecule has 0 radical (unpaired) electrons. The third kappa shape index (κ3) is 4.54. The monoisotopic (exact) mass is 395 g/mol. The molecule has 0 bridgehead atoms. The number of pyridine rings is 2. The Morgan fingerprint density at radius 1 is 1.38 bits per heavy atom. The number of carbonyl (C=O) groups excluding carboxylic acids is 1. The fourth-order valence-corrected chi connectivity index (χ4v) is 2.96. The van der Waals surface area contributed by atoms with Gasteiger partial charge in [0.25, 0.3) is 5.91 Å². The number of hydrogen-bond donors (Lipinski definition) is 2. The van der Waals surface area contributed by atoms with E-state index >= 15 is 0 Å². The van der Waals surface area contributed by atoms with Crippen LogP contribution >= 0.6 is 0 Å². The summed E-state index contributed by atoms with van der Waals surface area (Å²) in [5.74, 6) is 1.23. The first-order valence-electron chi connectivity index (χ1n) is 9.74. The molecule has 4 rings (SSSR count). The standard InChI is InChI=1S/C21H25N5O3/c1-13-8-15(9-23-19(13)29-12-14-4-5-14)10-26-11-16-17(25-26)6-7-22-18(16)24-20(27)21(2,3)28/h6-9,11,14,28H,4-5,10,12H2,1-3H3,(H,22,24,27). The van der Waals surface area contributed by atoms with Crippen molar-refractivity contribution in [1.29, 1.82) is 0 Å². The van der Waals surface area contributed by atoms with Crippen molar-refractivity contribution in [2.45, 2.75) is 45.8 Å². The lowest BCUT2D eigenvalue weighted by atomic mass is 10.1. The number of nitrogens with one attached hydrogen (secondary N) is 1. The van der Waals surface area contributed by atoms with E-state index in [1.165, 1.54) is 26.7 Å². The summed E-state index contributed by atoms with van der Waals surface area (Å²) in [5, 5.41) is 17.8. The van der Waals surface area contributed by atoms with Crippen molar-refractivity contribution >= 4 is 22.6 Å². The fraction of sp³-hybridized carbons (Fsp3) is 0.429. The Labute approximate surface area is 168 Å². The SMILES string of the molecule is Cc1cc(Cn2cc3c(NC(=O)C(C)(C)O)nccc3n2)cnc1OCC1CC1. The maximum absolute atomic E-state index is 12.1. The first-order chi connectivity index (χ1) is 13.8. The smallest absolute Gasteiger partial charge is 0.256 e. The molecular weight excluding hydrogens is 370 g/mol. The number of aryl methyl sites for hydroxylation is 1. The molecule has 1 amide bonds. The molecule has 152 valence electrons. The lowest BCUT2D eigenvalue weighted by Gasteiger charge is -2.16. The number of hydrogen-bond acceptors (Lipinski definition) is 6. The Balaban J connectivity index is 1.51. The number of anilines is 1. The second kappa shape index (κ2) is 7.44. The summed E-state index contributed by atoms with van der Waals surface area (Å²) in [4.78, 5) is 20.8. The molecule has 3 aromatic heterocycles. The average Bonchev–Trinajstić information content (AvgIpc) is 3.38. The molecule has 0 aliphatic heterocycles.